The van der Waals surface area contributed by atoms with E-state index in [1.165, 1.54) is 0 Å². The number of thiocarbonyl (C=S) groups is 1. The Kier molecular flexibility index (Phi) is 4.23. The fourth-order valence-corrected chi connectivity index (χ4v) is 2.27. The Bertz CT molecular complexity index is 795. The summed E-state index contributed by atoms with van der Waals surface area (Å²) in [5.74, 6) is -0.0914. The highest BCUT2D eigenvalue weighted by atomic mass is 32.1. The first-order valence-electron chi connectivity index (χ1n) is 6.42. The van der Waals surface area contributed by atoms with Crippen molar-refractivity contribution in [1.82, 2.24) is 9.99 Å². The molecule has 0 saturated heterocycles. The van der Waals surface area contributed by atoms with Gasteiger partial charge in [0.1, 0.15) is 11.3 Å². The first-order chi connectivity index (χ1) is 9.97. The zero-order chi connectivity index (χ0) is 15.6. The number of pyridine rings is 1. The molecule has 0 atom stereocenters. The van der Waals surface area contributed by atoms with Crippen molar-refractivity contribution in [2.24, 2.45) is 10.8 Å². The molecule has 110 valence electrons. The number of aromatic hydroxyl groups is 1. The number of hydrazone groups is 1. The van der Waals surface area contributed by atoms with Crippen molar-refractivity contribution in [3.63, 3.8) is 0 Å². The summed E-state index contributed by atoms with van der Waals surface area (Å²) in [7, 11) is 0. The number of rotatable bonds is 3. The van der Waals surface area contributed by atoms with Gasteiger partial charge in [-0.2, -0.15) is 5.10 Å². The number of aryl methyl sites for hydroxylation is 1. The highest BCUT2D eigenvalue weighted by Gasteiger charge is 2.17. The maximum atomic E-state index is 12.6. The maximum Gasteiger partial charge on any atom is 0.263 e. The van der Waals surface area contributed by atoms with Gasteiger partial charge in [-0.1, -0.05) is 12.1 Å². The van der Waals surface area contributed by atoms with E-state index >= 15 is 0 Å². The largest absolute Gasteiger partial charge is 0.506 e. The number of benzene rings is 1. The summed E-state index contributed by atoms with van der Waals surface area (Å²) >= 11 is 4.67. The van der Waals surface area contributed by atoms with Crippen LogP contribution in [0, 0.1) is 0 Å². The summed E-state index contributed by atoms with van der Waals surface area (Å²) < 4.78 is 1.59. The van der Waals surface area contributed by atoms with E-state index in [-0.39, 0.29) is 22.0 Å². The summed E-state index contributed by atoms with van der Waals surface area (Å²) in [6, 6.07) is 7.18. The number of nitrogens with one attached hydrogen (secondary N) is 1. The number of fused-ring (bicyclic) bond motifs is 1. The lowest BCUT2D eigenvalue weighted by atomic mass is 10.1. The van der Waals surface area contributed by atoms with E-state index in [0.29, 0.717) is 23.2 Å². The fourth-order valence-electron chi connectivity index (χ4n) is 2.22. The lowest BCUT2D eigenvalue weighted by Gasteiger charge is -2.13. The molecule has 1 heterocycles. The quantitative estimate of drug-likeness (QED) is 0.451. The van der Waals surface area contributed by atoms with Crippen LogP contribution in [-0.4, -0.2) is 20.5 Å². The number of hydrogen-bond donors (Lipinski definition) is 3. The molecule has 2 rings (SSSR count). The minimum Gasteiger partial charge on any atom is -0.506 e. The average Bonchev–Trinajstić information content (AvgIpc) is 2.46. The van der Waals surface area contributed by atoms with Crippen molar-refractivity contribution < 1.29 is 5.11 Å². The molecule has 0 aliphatic carbocycles. The molecule has 0 amide bonds. The van der Waals surface area contributed by atoms with Crippen LogP contribution < -0.4 is 16.7 Å². The molecule has 0 radical (unpaired) electrons. The molecule has 6 nitrogen and oxygen atoms in total. The summed E-state index contributed by atoms with van der Waals surface area (Å²) in [5.41, 5.74) is 8.56. The van der Waals surface area contributed by atoms with Gasteiger partial charge in [-0.25, -0.2) is 0 Å². The lowest BCUT2D eigenvalue weighted by molar-refractivity contribution is 0.477. The van der Waals surface area contributed by atoms with Crippen molar-refractivity contribution >= 4 is 33.9 Å². The van der Waals surface area contributed by atoms with Crippen molar-refractivity contribution in [1.29, 1.82) is 0 Å². The predicted molar refractivity (Wildman–Crippen MR) is 87.7 cm³/mol. The predicted octanol–water partition coefficient (Wildman–Crippen LogP) is 1.28. The molecule has 1 aromatic heterocycles. The van der Waals surface area contributed by atoms with Crippen LogP contribution in [0.1, 0.15) is 19.4 Å². The second kappa shape index (κ2) is 5.92. The van der Waals surface area contributed by atoms with Gasteiger partial charge >= 0.3 is 0 Å². The molecule has 0 fully saturated rings. The van der Waals surface area contributed by atoms with E-state index in [4.69, 9.17) is 5.73 Å². The zero-order valence-electron chi connectivity index (χ0n) is 11.8. The Balaban J connectivity index is 2.78. The highest BCUT2D eigenvalue weighted by Crippen LogP contribution is 2.26. The second-order valence-corrected chi connectivity index (χ2v) is 4.90. The topological polar surface area (TPSA) is 92.6 Å². The standard InChI is InChI=1S/C14H16N4O2S/c1-3-18-10-7-5-4-6-9(10)12(19)11(13(18)20)8(2)16-17-14(15)21/h4-7,19H,3H2,1-2H3,(H3,15,17,21)/b16-8+. The molecule has 7 heteroatoms. The Morgan fingerprint density at radius 2 is 2.14 bits per heavy atom. The van der Waals surface area contributed by atoms with Crippen molar-refractivity contribution in [3.05, 3.63) is 40.2 Å². The minimum atomic E-state index is -0.306. The molecule has 0 aliphatic heterocycles. The van der Waals surface area contributed by atoms with Crippen LogP contribution in [0.3, 0.4) is 0 Å². The number of aromatic nitrogens is 1. The highest BCUT2D eigenvalue weighted by molar-refractivity contribution is 7.80. The molecule has 2 aromatic rings. The van der Waals surface area contributed by atoms with Crippen molar-refractivity contribution in [2.75, 3.05) is 0 Å². The molecule has 21 heavy (non-hydrogen) atoms. The number of nitrogens with zero attached hydrogens (tertiary/aromatic N) is 2. The minimum absolute atomic E-state index is 0.00885. The van der Waals surface area contributed by atoms with E-state index in [1.54, 1.807) is 29.7 Å². The van der Waals surface area contributed by atoms with Gasteiger partial charge in [0.05, 0.1) is 11.2 Å². The summed E-state index contributed by atoms with van der Waals surface area (Å²) in [4.78, 5) is 12.6. The van der Waals surface area contributed by atoms with Crippen LogP contribution in [0.4, 0.5) is 0 Å². The smallest absolute Gasteiger partial charge is 0.263 e. The Hall–Kier alpha value is -2.41. The van der Waals surface area contributed by atoms with Crippen LogP contribution in [0.15, 0.2) is 34.2 Å². The fraction of sp³-hybridized carbons (Fsp3) is 0.214. The molecule has 0 spiro atoms. The molecular weight excluding hydrogens is 288 g/mol. The van der Waals surface area contributed by atoms with Crippen LogP contribution in [0.5, 0.6) is 5.75 Å². The second-order valence-electron chi connectivity index (χ2n) is 4.46. The van der Waals surface area contributed by atoms with E-state index in [0.717, 1.165) is 0 Å². The van der Waals surface area contributed by atoms with E-state index in [2.05, 4.69) is 22.7 Å². The molecule has 4 N–H and O–H groups in total. The van der Waals surface area contributed by atoms with Gasteiger partial charge in [-0.05, 0) is 38.2 Å². The lowest BCUT2D eigenvalue weighted by Crippen LogP contribution is -2.29. The van der Waals surface area contributed by atoms with Gasteiger partial charge in [0, 0.05) is 11.9 Å². The number of hydrogen-bond acceptors (Lipinski definition) is 4. The normalized spacial score (nSPS) is 11.6. The van der Waals surface area contributed by atoms with Crippen LogP contribution in [0.25, 0.3) is 10.9 Å². The van der Waals surface area contributed by atoms with Crippen LogP contribution >= 0.6 is 12.2 Å². The van der Waals surface area contributed by atoms with Gasteiger partial charge in [0.15, 0.2) is 5.11 Å². The zero-order valence-corrected chi connectivity index (χ0v) is 12.6. The first-order valence-corrected chi connectivity index (χ1v) is 6.82. The Labute approximate surface area is 126 Å². The van der Waals surface area contributed by atoms with Gasteiger partial charge in [0.25, 0.3) is 5.56 Å². The summed E-state index contributed by atoms with van der Waals surface area (Å²) in [6.07, 6.45) is 0. The summed E-state index contributed by atoms with van der Waals surface area (Å²) in [6.45, 7) is 3.97. The Morgan fingerprint density at radius 3 is 2.76 bits per heavy atom. The van der Waals surface area contributed by atoms with E-state index in [9.17, 15) is 9.90 Å². The molecule has 0 unspecified atom stereocenters. The van der Waals surface area contributed by atoms with Crippen molar-refractivity contribution in [2.45, 2.75) is 20.4 Å². The third-order valence-corrected chi connectivity index (χ3v) is 3.25. The SMILES string of the molecule is CCn1c(=O)c(/C(C)=N/NC(N)=S)c(O)c2ccccc21. The molecule has 1 aromatic carbocycles. The number of nitrogens with two attached hydrogens (primary N) is 1. The van der Waals surface area contributed by atoms with E-state index < -0.39 is 0 Å². The van der Waals surface area contributed by atoms with Crippen LogP contribution in [0.2, 0.25) is 0 Å². The Morgan fingerprint density at radius 1 is 1.48 bits per heavy atom. The van der Waals surface area contributed by atoms with Gasteiger partial charge in [-0.15, -0.1) is 0 Å². The average molecular weight is 304 g/mol. The third-order valence-electron chi connectivity index (χ3n) is 3.16. The van der Waals surface area contributed by atoms with E-state index in [1.807, 2.05) is 13.0 Å². The molecular formula is C14H16N4O2S. The van der Waals surface area contributed by atoms with Gasteiger partial charge < -0.3 is 15.4 Å². The first kappa shape index (κ1) is 15.0. The van der Waals surface area contributed by atoms with Crippen LogP contribution in [-0.2, 0) is 6.54 Å². The van der Waals surface area contributed by atoms with Gasteiger partial charge in [-0.3, -0.25) is 10.2 Å². The van der Waals surface area contributed by atoms with Crippen molar-refractivity contribution in [3.8, 4) is 5.75 Å². The van der Waals surface area contributed by atoms with Gasteiger partial charge in [0.2, 0.25) is 0 Å². The molecule has 0 bridgehead atoms. The third kappa shape index (κ3) is 2.73. The molecule has 0 aliphatic rings. The summed E-state index contributed by atoms with van der Waals surface area (Å²) in [5, 5.41) is 14.9. The monoisotopic (exact) mass is 304 g/mol. The maximum absolute atomic E-state index is 12.6. The molecule has 0 saturated carbocycles. The number of para-hydroxylation sites is 1.